The molecule has 1 saturated heterocycles. The first-order valence-electron chi connectivity index (χ1n) is 6.08. The van der Waals surface area contributed by atoms with Gasteiger partial charge in [-0.1, -0.05) is 23.7 Å². The van der Waals surface area contributed by atoms with E-state index in [0.29, 0.717) is 17.7 Å². The summed E-state index contributed by atoms with van der Waals surface area (Å²) in [5, 5.41) is 0.688. The smallest absolute Gasteiger partial charge is 0.142 e. The van der Waals surface area contributed by atoms with Crippen molar-refractivity contribution in [2.45, 2.75) is 25.9 Å². The number of hydrogen-bond acceptors (Lipinski definition) is 3. The van der Waals surface area contributed by atoms with Crippen LogP contribution in [0.15, 0.2) is 18.2 Å². The van der Waals surface area contributed by atoms with Gasteiger partial charge in [-0.15, -0.1) is 0 Å². The van der Waals surface area contributed by atoms with Crippen LogP contribution in [0.4, 0.5) is 0 Å². The summed E-state index contributed by atoms with van der Waals surface area (Å²) in [5.74, 6) is 0.817. The average molecular weight is 255 g/mol. The molecule has 0 unspecified atom stereocenters. The normalized spacial score (nSPS) is 20.8. The highest BCUT2D eigenvalue weighted by Gasteiger charge is 2.20. The van der Waals surface area contributed by atoms with E-state index >= 15 is 0 Å². The molecule has 0 amide bonds. The van der Waals surface area contributed by atoms with E-state index in [9.17, 15) is 0 Å². The standard InChI is InChI=1S/C13H19ClN2O/c1-2-17-13-10(4-3-5-12(13)14)8-16-7-6-11(15)9-16/h3-5,11H,2,6-9,15H2,1H3/t11-/m1/s1. The molecular weight excluding hydrogens is 236 g/mol. The van der Waals surface area contributed by atoms with Crippen molar-refractivity contribution in [1.29, 1.82) is 0 Å². The van der Waals surface area contributed by atoms with E-state index in [4.69, 9.17) is 22.1 Å². The van der Waals surface area contributed by atoms with E-state index < -0.39 is 0 Å². The second kappa shape index (κ2) is 5.71. The molecule has 1 fully saturated rings. The van der Waals surface area contributed by atoms with Gasteiger partial charge in [0.1, 0.15) is 5.75 Å². The van der Waals surface area contributed by atoms with Gasteiger partial charge in [-0.25, -0.2) is 0 Å². The third-order valence-corrected chi connectivity index (χ3v) is 3.34. The summed E-state index contributed by atoms with van der Waals surface area (Å²) in [6, 6.07) is 6.22. The Balaban J connectivity index is 2.11. The van der Waals surface area contributed by atoms with Crippen LogP contribution in [-0.4, -0.2) is 30.6 Å². The molecule has 1 heterocycles. The summed E-state index contributed by atoms with van der Waals surface area (Å²) in [5.41, 5.74) is 7.05. The second-order valence-corrected chi connectivity index (χ2v) is 4.85. The number of likely N-dealkylation sites (tertiary alicyclic amines) is 1. The first-order chi connectivity index (χ1) is 8.20. The number of rotatable bonds is 4. The molecule has 3 nitrogen and oxygen atoms in total. The topological polar surface area (TPSA) is 38.5 Å². The van der Waals surface area contributed by atoms with Gasteiger partial charge in [0.15, 0.2) is 0 Å². The van der Waals surface area contributed by atoms with Gasteiger partial charge < -0.3 is 10.5 Å². The zero-order valence-electron chi connectivity index (χ0n) is 10.2. The van der Waals surface area contributed by atoms with Gasteiger partial charge in [-0.05, 0) is 19.4 Å². The van der Waals surface area contributed by atoms with Crippen LogP contribution in [0.1, 0.15) is 18.9 Å². The van der Waals surface area contributed by atoms with Crippen LogP contribution in [0.5, 0.6) is 5.75 Å². The fourth-order valence-electron chi connectivity index (χ4n) is 2.23. The van der Waals surface area contributed by atoms with Gasteiger partial charge in [-0.2, -0.15) is 0 Å². The van der Waals surface area contributed by atoms with Crippen molar-refractivity contribution >= 4 is 11.6 Å². The number of hydrogen-bond donors (Lipinski definition) is 1. The Bertz CT molecular complexity index is 384. The number of nitrogens with zero attached hydrogens (tertiary/aromatic N) is 1. The Morgan fingerprint density at radius 3 is 3.00 bits per heavy atom. The van der Waals surface area contributed by atoms with E-state index in [1.165, 1.54) is 0 Å². The van der Waals surface area contributed by atoms with E-state index in [-0.39, 0.29) is 0 Å². The lowest BCUT2D eigenvalue weighted by Gasteiger charge is -2.18. The Labute approximate surface area is 107 Å². The molecule has 1 aromatic rings. The maximum Gasteiger partial charge on any atom is 0.142 e. The van der Waals surface area contributed by atoms with Crippen molar-refractivity contribution in [2.24, 2.45) is 5.73 Å². The Hall–Kier alpha value is -0.770. The summed E-state index contributed by atoms with van der Waals surface area (Å²) in [6.07, 6.45) is 1.07. The lowest BCUT2D eigenvalue weighted by Crippen LogP contribution is -2.26. The fourth-order valence-corrected chi connectivity index (χ4v) is 2.48. The third kappa shape index (κ3) is 3.12. The van der Waals surface area contributed by atoms with Crippen molar-refractivity contribution < 1.29 is 4.74 Å². The van der Waals surface area contributed by atoms with Crippen molar-refractivity contribution in [3.63, 3.8) is 0 Å². The Morgan fingerprint density at radius 1 is 1.53 bits per heavy atom. The SMILES string of the molecule is CCOc1c(Cl)cccc1CN1CC[C@@H](N)C1. The molecule has 0 spiro atoms. The molecule has 0 bridgehead atoms. The minimum absolute atomic E-state index is 0.310. The lowest BCUT2D eigenvalue weighted by atomic mass is 10.2. The minimum Gasteiger partial charge on any atom is -0.492 e. The molecule has 17 heavy (non-hydrogen) atoms. The van der Waals surface area contributed by atoms with E-state index in [0.717, 1.165) is 37.4 Å². The molecule has 1 aliphatic rings. The summed E-state index contributed by atoms with van der Waals surface area (Å²) < 4.78 is 5.62. The molecule has 0 radical (unpaired) electrons. The number of benzene rings is 1. The van der Waals surface area contributed by atoms with Crippen molar-refractivity contribution in [2.75, 3.05) is 19.7 Å². The molecule has 0 aliphatic carbocycles. The second-order valence-electron chi connectivity index (χ2n) is 4.44. The first-order valence-corrected chi connectivity index (χ1v) is 6.46. The Morgan fingerprint density at radius 2 is 2.35 bits per heavy atom. The predicted octanol–water partition coefficient (Wildman–Crippen LogP) is 2.27. The van der Waals surface area contributed by atoms with E-state index in [2.05, 4.69) is 11.0 Å². The molecule has 94 valence electrons. The average Bonchev–Trinajstić information content (AvgIpc) is 2.69. The van der Waals surface area contributed by atoms with Gasteiger partial charge in [0, 0.05) is 31.2 Å². The van der Waals surface area contributed by atoms with Crippen LogP contribution < -0.4 is 10.5 Å². The molecule has 1 aromatic carbocycles. The zero-order chi connectivity index (χ0) is 12.3. The molecule has 1 atom stereocenters. The molecular formula is C13H19ClN2O. The maximum atomic E-state index is 6.15. The van der Waals surface area contributed by atoms with Crippen LogP contribution in [-0.2, 0) is 6.54 Å². The highest BCUT2D eigenvalue weighted by Crippen LogP contribution is 2.30. The monoisotopic (exact) mass is 254 g/mol. The van der Waals surface area contributed by atoms with Gasteiger partial charge >= 0.3 is 0 Å². The van der Waals surface area contributed by atoms with Crippen LogP contribution in [0, 0.1) is 0 Å². The predicted molar refractivity (Wildman–Crippen MR) is 70.5 cm³/mol. The molecule has 1 aliphatic heterocycles. The molecule has 2 N–H and O–H groups in total. The first kappa shape index (κ1) is 12.7. The summed E-state index contributed by atoms with van der Waals surface area (Å²) in [7, 11) is 0. The summed E-state index contributed by atoms with van der Waals surface area (Å²) in [4.78, 5) is 2.35. The number of nitrogens with two attached hydrogens (primary N) is 1. The zero-order valence-corrected chi connectivity index (χ0v) is 10.9. The molecule has 4 heteroatoms. The molecule has 2 rings (SSSR count). The van der Waals surface area contributed by atoms with Gasteiger partial charge in [-0.3, -0.25) is 4.90 Å². The molecule has 0 aromatic heterocycles. The van der Waals surface area contributed by atoms with Crippen molar-refractivity contribution in [1.82, 2.24) is 4.90 Å². The van der Waals surface area contributed by atoms with Crippen LogP contribution in [0.2, 0.25) is 5.02 Å². The summed E-state index contributed by atoms with van der Waals surface area (Å²) in [6.45, 7) is 5.48. The number of ether oxygens (including phenoxy) is 1. The Kier molecular flexibility index (Phi) is 4.26. The number of para-hydroxylation sites is 1. The van der Waals surface area contributed by atoms with Gasteiger partial charge in [0.2, 0.25) is 0 Å². The number of halogens is 1. The minimum atomic E-state index is 0.310. The van der Waals surface area contributed by atoms with E-state index in [1.54, 1.807) is 0 Å². The van der Waals surface area contributed by atoms with Crippen molar-refractivity contribution in [3.05, 3.63) is 28.8 Å². The highest BCUT2D eigenvalue weighted by atomic mass is 35.5. The largest absolute Gasteiger partial charge is 0.492 e. The lowest BCUT2D eigenvalue weighted by molar-refractivity contribution is 0.302. The van der Waals surface area contributed by atoms with Crippen LogP contribution in [0.25, 0.3) is 0 Å². The van der Waals surface area contributed by atoms with Gasteiger partial charge in [0.25, 0.3) is 0 Å². The highest BCUT2D eigenvalue weighted by molar-refractivity contribution is 6.32. The summed E-state index contributed by atoms with van der Waals surface area (Å²) >= 11 is 6.15. The quantitative estimate of drug-likeness (QED) is 0.896. The molecule has 0 saturated carbocycles. The van der Waals surface area contributed by atoms with E-state index in [1.807, 2.05) is 19.1 Å². The maximum absolute atomic E-state index is 6.15. The van der Waals surface area contributed by atoms with Crippen LogP contribution in [0.3, 0.4) is 0 Å². The van der Waals surface area contributed by atoms with Gasteiger partial charge in [0.05, 0.1) is 11.6 Å². The van der Waals surface area contributed by atoms with Crippen molar-refractivity contribution in [3.8, 4) is 5.75 Å². The fraction of sp³-hybridized carbons (Fsp3) is 0.538. The third-order valence-electron chi connectivity index (χ3n) is 3.04. The van der Waals surface area contributed by atoms with Crippen LogP contribution >= 0.6 is 11.6 Å².